The second kappa shape index (κ2) is 4.77. The topological polar surface area (TPSA) is 107 Å². The van der Waals surface area contributed by atoms with Crippen LogP contribution in [0, 0.1) is 20.2 Å². The fourth-order valence-electron chi connectivity index (χ4n) is 1.57. The van der Waals surface area contributed by atoms with Gasteiger partial charge in [0.1, 0.15) is 0 Å². The van der Waals surface area contributed by atoms with Crippen molar-refractivity contribution < 1.29 is 15.0 Å². The van der Waals surface area contributed by atoms with Crippen molar-refractivity contribution in [2.24, 2.45) is 0 Å². The molecule has 1 rings (SSSR count). The Bertz CT molecular complexity index is 472. The van der Waals surface area contributed by atoms with Gasteiger partial charge in [-0.05, 0) is 24.5 Å². The standard InChI is InChI=1S/C10H12N2O5/c1-3-6(2)7-4-5-8(13)10(12(16)17)9(7)11(14)15/h4-6,13H,3H2,1-2H3. The summed E-state index contributed by atoms with van der Waals surface area (Å²) in [4.78, 5) is 19.9. The number of aromatic hydroxyl groups is 1. The molecule has 1 N–H and O–H groups in total. The first-order chi connectivity index (χ1) is 7.90. The van der Waals surface area contributed by atoms with Gasteiger partial charge in [-0.15, -0.1) is 0 Å². The largest absolute Gasteiger partial charge is 0.502 e. The van der Waals surface area contributed by atoms with Crippen molar-refractivity contribution in [3.63, 3.8) is 0 Å². The molecule has 0 spiro atoms. The van der Waals surface area contributed by atoms with Crippen LogP contribution in [-0.2, 0) is 0 Å². The number of phenols is 1. The van der Waals surface area contributed by atoms with Crippen molar-refractivity contribution in [1.82, 2.24) is 0 Å². The van der Waals surface area contributed by atoms with Crippen LogP contribution in [0.3, 0.4) is 0 Å². The molecule has 0 aliphatic rings. The SMILES string of the molecule is CCC(C)c1ccc(O)c([N+](=O)[O-])c1[N+](=O)[O-]. The third kappa shape index (κ3) is 2.32. The Morgan fingerprint density at radius 1 is 1.24 bits per heavy atom. The first kappa shape index (κ1) is 12.9. The van der Waals surface area contributed by atoms with E-state index < -0.39 is 27.0 Å². The molecule has 7 heteroatoms. The molecule has 0 radical (unpaired) electrons. The summed E-state index contributed by atoms with van der Waals surface area (Å²) < 4.78 is 0. The van der Waals surface area contributed by atoms with Crippen LogP contribution >= 0.6 is 0 Å². The zero-order chi connectivity index (χ0) is 13.2. The molecule has 0 saturated carbocycles. The van der Waals surface area contributed by atoms with Gasteiger partial charge >= 0.3 is 11.4 Å². The van der Waals surface area contributed by atoms with Crippen LogP contribution in [-0.4, -0.2) is 15.0 Å². The van der Waals surface area contributed by atoms with Gasteiger partial charge < -0.3 is 5.11 Å². The van der Waals surface area contributed by atoms with Crippen LogP contribution in [0.5, 0.6) is 5.75 Å². The average Bonchev–Trinajstić information content (AvgIpc) is 2.26. The summed E-state index contributed by atoms with van der Waals surface area (Å²) in [6.07, 6.45) is 0.614. The van der Waals surface area contributed by atoms with E-state index in [4.69, 9.17) is 0 Å². The molecule has 0 heterocycles. The minimum Gasteiger partial charge on any atom is -0.502 e. The van der Waals surface area contributed by atoms with Crippen LogP contribution in [0.25, 0.3) is 0 Å². The summed E-state index contributed by atoms with van der Waals surface area (Å²) in [6.45, 7) is 3.57. The van der Waals surface area contributed by atoms with E-state index >= 15 is 0 Å². The van der Waals surface area contributed by atoms with E-state index in [1.54, 1.807) is 6.92 Å². The predicted octanol–water partition coefficient (Wildman–Crippen LogP) is 2.72. The molecule has 0 amide bonds. The number of nitro groups is 2. The van der Waals surface area contributed by atoms with Gasteiger partial charge in [0.05, 0.1) is 9.85 Å². The van der Waals surface area contributed by atoms with Crippen molar-refractivity contribution in [3.8, 4) is 5.75 Å². The molecule has 0 bridgehead atoms. The fourth-order valence-corrected chi connectivity index (χ4v) is 1.57. The second-order valence-corrected chi connectivity index (χ2v) is 3.69. The highest BCUT2D eigenvalue weighted by atomic mass is 16.6. The molecule has 0 aliphatic heterocycles. The Kier molecular flexibility index (Phi) is 3.62. The molecule has 7 nitrogen and oxygen atoms in total. The van der Waals surface area contributed by atoms with Gasteiger partial charge in [-0.1, -0.05) is 13.8 Å². The third-order valence-electron chi connectivity index (χ3n) is 2.67. The number of hydrogen-bond acceptors (Lipinski definition) is 5. The molecule has 1 atom stereocenters. The fraction of sp³-hybridized carbons (Fsp3) is 0.400. The van der Waals surface area contributed by atoms with E-state index in [1.165, 1.54) is 6.07 Å². The van der Waals surface area contributed by atoms with Gasteiger partial charge in [0.15, 0.2) is 0 Å². The summed E-state index contributed by atoms with van der Waals surface area (Å²) in [5, 5.41) is 31.0. The highest BCUT2D eigenvalue weighted by molar-refractivity contribution is 5.65. The van der Waals surface area contributed by atoms with Crippen molar-refractivity contribution in [2.45, 2.75) is 26.2 Å². The summed E-state index contributed by atoms with van der Waals surface area (Å²) in [5.74, 6) is -0.872. The summed E-state index contributed by atoms with van der Waals surface area (Å²) in [6, 6.07) is 2.47. The lowest BCUT2D eigenvalue weighted by atomic mass is 9.96. The maximum Gasteiger partial charge on any atom is 0.387 e. The maximum atomic E-state index is 10.9. The minimum atomic E-state index is -0.931. The van der Waals surface area contributed by atoms with E-state index in [-0.39, 0.29) is 11.5 Å². The van der Waals surface area contributed by atoms with Crippen LogP contribution in [0.4, 0.5) is 11.4 Å². The summed E-state index contributed by atoms with van der Waals surface area (Å²) >= 11 is 0. The van der Waals surface area contributed by atoms with Crippen LogP contribution in [0.15, 0.2) is 12.1 Å². The van der Waals surface area contributed by atoms with E-state index in [0.717, 1.165) is 6.07 Å². The Morgan fingerprint density at radius 3 is 2.18 bits per heavy atom. The second-order valence-electron chi connectivity index (χ2n) is 3.69. The molecule has 1 unspecified atom stereocenters. The Labute approximate surface area is 97.0 Å². The third-order valence-corrected chi connectivity index (χ3v) is 2.67. The Balaban J connectivity index is 3.59. The average molecular weight is 240 g/mol. The van der Waals surface area contributed by atoms with Gasteiger partial charge in [-0.3, -0.25) is 20.2 Å². The highest BCUT2D eigenvalue weighted by Crippen LogP contribution is 2.41. The van der Waals surface area contributed by atoms with E-state index in [1.807, 2.05) is 6.92 Å². The first-order valence-electron chi connectivity index (χ1n) is 5.04. The molecule has 0 aromatic heterocycles. The van der Waals surface area contributed by atoms with Gasteiger partial charge in [-0.25, -0.2) is 0 Å². The molecule has 92 valence electrons. The summed E-state index contributed by atoms with van der Waals surface area (Å²) in [5.41, 5.74) is -1.20. The van der Waals surface area contributed by atoms with Gasteiger partial charge in [0, 0.05) is 5.56 Å². The quantitative estimate of drug-likeness (QED) is 0.643. The van der Waals surface area contributed by atoms with Gasteiger partial charge in [-0.2, -0.15) is 0 Å². The molecular formula is C10H12N2O5. The zero-order valence-electron chi connectivity index (χ0n) is 9.41. The van der Waals surface area contributed by atoms with Crippen molar-refractivity contribution >= 4 is 11.4 Å². The lowest BCUT2D eigenvalue weighted by Crippen LogP contribution is -2.03. The molecular weight excluding hydrogens is 228 g/mol. The summed E-state index contributed by atoms with van der Waals surface area (Å²) in [7, 11) is 0. The molecule has 0 fully saturated rings. The first-order valence-corrected chi connectivity index (χ1v) is 5.04. The predicted molar refractivity (Wildman–Crippen MR) is 60.1 cm³/mol. The van der Waals surface area contributed by atoms with Crippen molar-refractivity contribution in [3.05, 3.63) is 37.9 Å². The number of nitrogens with zero attached hydrogens (tertiary/aromatic N) is 2. The molecule has 0 saturated heterocycles. The monoisotopic (exact) mass is 240 g/mol. The number of benzene rings is 1. The van der Waals surface area contributed by atoms with Crippen LogP contribution in [0.2, 0.25) is 0 Å². The van der Waals surface area contributed by atoms with Crippen molar-refractivity contribution in [1.29, 1.82) is 0 Å². The molecule has 1 aromatic rings. The lowest BCUT2D eigenvalue weighted by molar-refractivity contribution is -0.423. The normalized spacial score (nSPS) is 12.1. The van der Waals surface area contributed by atoms with Crippen LogP contribution in [0.1, 0.15) is 31.7 Å². The van der Waals surface area contributed by atoms with Crippen LogP contribution < -0.4 is 0 Å². The van der Waals surface area contributed by atoms with Gasteiger partial charge in [0.2, 0.25) is 5.75 Å². The maximum absolute atomic E-state index is 10.9. The number of phenolic OH excluding ortho intramolecular Hbond substituents is 1. The molecule has 1 aromatic carbocycles. The van der Waals surface area contributed by atoms with Gasteiger partial charge in [0.25, 0.3) is 0 Å². The van der Waals surface area contributed by atoms with E-state index in [0.29, 0.717) is 6.42 Å². The molecule has 17 heavy (non-hydrogen) atoms. The number of nitro benzene ring substituents is 2. The smallest absolute Gasteiger partial charge is 0.387 e. The van der Waals surface area contributed by atoms with Crippen molar-refractivity contribution in [2.75, 3.05) is 0 Å². The minimum absolute atomic E-state index is 0.185. The number of hydrogen-bond donors (Lipinski definition) is 1. The highest BCUT2D eigenvalue weighted by Gasteiger charge is 2.33. The molecule has 0 aliphatic carbocycles. The van der Waals surface area contributed by atoms with E-state index in [2.05, 4.69) is 0 Å². The zero-order valence-corrected chi connectivity index (χ0v) is 9.41. The Hall–Kier alpha value is -2.18. The Morgan fingerprint density at radius 2 is 1.76 bits per heavy atom. The lowest BCUT2D eigenvalue weighted by Gasteiger charge is -2.09. The van der Waals surface area contributed by atoms with E-state index in [9.17, 15) is 25.3 Å². The number of rotatable bonds is 4.